The van der Waals surface area contributed by atoms with Crippen LogP contribution in [0.2, 0.25) is 0 Å². The molecule has 0 radical (unpaired) electrons. The zero-order chi connectivity index (χ0) is 7.61. The Hall–Kier alpha value is -0.0400. The van der Waals surface area contributed by atoms with E-state index in [0.29, 0.717) is 0 Å². The molecule has 1 saturated carbocycles. The lowest BCUT2D eigenvalue weighted by Gasteiger charge is -2.29. The average Bonchev–Trinajstić information content (AvgIpc) is 2.38. The molecule has 1 fully saturated rings. The van der Waals surface area contributed by atoms with Gasteiger partial charge in [0.15, 0.2) is 0 Å². The molecule has 0 aromatic rings. The lowest BCUT2D eigenvalue weighted by atomic mass is 9.83. The van der Waals surface area contributed by atoms with Crippen LogP contribution in [0.3, 0.4) is 0 Å². The first-order chi connectivity index (χ1) is 4.67. The lowest BCUT2D eigenvalue weighted by molar-refractivity contribution is 0.291. The number of hydrogen-bond donors (Lipinski definition) is 1. The Bertz CT molecular complexity index is 101. The summed E-state index contributed by atoms with van der Waals surface area (Å²) in [5, 5.41) is 0. The summed E-state index contributed by atoms with van der Waals surface area (Å²) >= 11 is 0. The van der Waals surface area contributed by atoms with Crippen LogP contribution in [0, 0.1) is 5.92 Å². The van der Waals surface area contributed by atoms with Crippen molar-refractivity contribution >= 4 is 0 Å². The summed E-state index contributed by atoms with van der Waals surface area (Å²) in [7, 11) is 0. The molecule has 1 rings (SSSR count). The Morgan fingerprint density at radius 3 is 2.30 bits per heavy atom. The molecule has 1 aliphatic rings. The Balaban J connectivity index is 2.45. The van der Waals surface area contributed by atoms with E-state index in [9.17, 15) is 0 Å². The van der Waals surface area contributed by atoms with Crippen molar-refractivity contribution in [1.82, 2.24) is 0 Å². The fraction of sp³-hybridized carbons (Fsp3) is 1.00. The second-order valence-electron chi connectivity index (χ2n) is 3.84. The number of rotatable bonds is 2. The Labute approximate surface area is 64.0 Å². The fourth-order valence-corrected chi connectivity index (χ4v) is 1.87. The van der Waals surface area contributed by atoms with Gasteiger partial charge in [-0.25, -0.2) is 0 Å². The maximum absolute atomic E-state index is 6.12. The fourth-order valence-electron chi connectivity index (χ4n) is 1.87. The van der Waals surface area contributed by atoms with E-state index in [1.807, 2.05) is 0 Å². The molecule has 0 heterocycles. The van der Waals surface area contributed by atoms with Gasteiger partial charge in [-0.05, 0) is 32.1 Å². The smallest absolute Gasteiger partial charge is 0.0151 e. The molecule has 0 spiro atoms. The lowest BCUT2D eigenvalue weighted by Crippen LogP contribution is -2.42. The normalized spacial score (nSPS) is 26.7. The zero-order valence-corrected chi connectivity index (χ0v) is 7.19. The first-order valence-electron chi connectivity index (χ1n) is 4.45. The van der Waals surface area contributed by atoms with Gasteiger partial charge in [-0.3, -0.25) is 0 Å². The van der Waals surface area contributed by atoms with Gasteiger partial charge in [-0.1, -0.05) is 19.8 Å². The van der Waals surface area contributed by atoms with Crippen LogP contribution < -0.4 is 5.73 Å². The molecule has 0 bridgehead atoms. The highest BCUT2D eigenvalue weighted by Gasteiger charge is 2.30. The third-order valence-corrected chi connectivity index (χ3v) is 3.05. The number of hydrogen-bond acceptors (Lipinski definition) is 1. The summed E-state index contributed by atoms with van der Waals surface area (Å²) in [6.45, 7) is 4.39. The van der Waals surface area contributed by atoms with Crippen LogP contribution in [-0.4, -0.2) is 5.54 Å². The molecular formula is C9H19N. The third kappa shape index (κ3) is 1.51. The SMILES string of the molecule is CCC(C)(N)C1CCCC1. The Morgan fingerprint density at radius 1 is 1.40 bits per heavy atom. The van der Waals surface area contributed by atoms with Crippen LogP contribution in [0.5, 0.6) is 0 Å². The van der Waals surface area contributed by atoms with Gasteiger partial charge in [-0.2, -0.15) is 0 Å². The summed E-state index contributed by atoms with van der Waals surface area (Å²) in [5.41, 5.74) is 6.24. The monoisotopic (exact) mass is 141 g/mol. The molecule has 10 heavy (non-hydrogen) atoms. The van der Waals surface area contributed by atoms with Gasteiger partial charge < -0.3 is 5.73 Å². The summed E-state index contributed by atoms with van der Waals surface area (Å²) in [5.74, 6) is 0.803. The van der Waals surface area contributed by atoms with Crippen molar-refractivity contribution < 1.29 is 0 Å². The van der Waals surface area contributed by atoms with E-state index in [1.165, 1.54) is 25.7 Å². The van der Waals surface area contributed by atoms with Crippen molar-refractivity contribution in [2.75, 3.05) is 0 Å². The molecule has 0 aliphatic heterocycles. The highest BCUT2D eigenvalue weighted by molar-refractivity contribution is 4.88. The minimum Gasteiger partial charge on any atom is -0.325 e. The van der Waals surface area contributed by atoms with E-state index in [-0.39, 0.29) is 5.54 Å². The van der Waals surface area contributed by atoms with Crippen LogP contribution >= 0.6 is 0 Å². The molecule has 0 aromatic carbocycles. The topological polar surface area (TPSA) is 26.0 Å². The molecule has 0 aromatic heterocycles. The molecule has 0 saturated heterocycles. The van der Waals surface area contributed by atoms with Gasteiger partial charge in [0.1, 0.15) is 0 Å². The van der Waals surface area contributed by atoms with E-state index in [4.69, 9.17) is 5.73 Å². The number of nitrogens with two attached hydrogens (primary N) is 1. The first-order valence-corrected chi connectivity index (χ1v) is 4.45. The van der Waals surface area contributed by atoms with Gasteiger partial charge in [0.25, 0.3) is 0 Å². The van der Waals surface area contributed by atoms with E-state index in [1.54, 1.807) is 0 Å². The molecule has 1 heteroatoms. The average molecular weight is 141 g/mol. The molecule has 0 amide bonds. The largest absolute Gasteiger partial charge is 0.325 e. The zero-order valence-electron chi connectivity index (χ0n) is 7.19. The molecule has 1 unspecified atom stereocenters. The van der Waals surface area contributed by atoms with Crippen molar-refractivity contribution in [2.24, 2.45) is 11.7 Å². The second-order valence-corrected chi connectivity index (χ2v) is 3.84. The van der Waals surface area contributed by atoms with Crippen LogP contribution in [0.4, 0.5) is 0 Å². The molecular weight excluding hydrogens is 122 g/mol. The van der Waals surface area contributed by atoms with Crippen molar-refractivity contribution in [2.45, 2.75) is 51.5 Å². The summed E-state index contributed by atoms with van der Waals surface area (Å²) < 4.78 is 0. The van der Waals surface area contributed by atoms with Crippen molar-refractivity contribution in [1.29, 1.82) is 0 Å². The van der Waals surface area contributed by atoms with Gasteiger partial charge >= 0.3 is 0 Å². The summed E-state index contributed by atoms with van der Waals surface area (Å²) in [4.78, 5) is 0. The Kier molecular flexibility index (Phi) is 2.35. The summed E-state index contributed by atoms with van der Waals surface area (Å²) in [6.07, 6.45) is 6.65. The summed E-state index contributed by atoms with van der Waals surface area (Å²) in [6, 6.07) is 0. The van der Waals surface area contributed by atoms with Crippen LogP contribution in [0.1, 0.15) is 46.0 Å². The van der Waals surface area contributed by atoms with Gasteiger partial charge in [0.05, 0.1) is 0 Å². The van der Waals surface area contributed by atoms with E-state index in [0.717, 1.165) is 12.3 Å². The molecule has 1 nitrogen and oxygen atoms in total. The third-order valence-electron chi connectivity index (χ3n) is 3.05. The highest BCUT2D eigenvalue weighted by Crippen LogP contribution is 2.33. The highest BCUT2D eigenvalue weighted by atomic mass is 14.7. The van der Waals surface area contributed by atoms with Gasteiger partial charge in [-0.15, -0.1) is 0 Å². The van der Waals surface area contributed by atoms with E-state index in [2.05, 4.69) is 13.8 Å². The standard InChI is InChI=1S/C9H19N/c1-3-9(2,10)8-6-4-5-7-8/h8H,3-7,10H2,1-2H3. The van der Waals surface area contributed by atoms with E-state index < -0.39 is 0 Å². The molecule has 60 valence electrons. The van der Waals surface area contributed by atoms with Crippen LogP contribution in [-0.2, 0) is 0 Å². The predicted octanol–water partition coefficient (Wildman–Crippen LogP) is 2.30. The van der Waals surface area contributed by atoms with Crippen molar-refractivity contribution in [3.8, 4) is 0 Å². The maximum atomic E-state index is 6.12. The molecule has 2 N–H and O–H groups in total. The van der Waals surface area contributed by atoms with Crippen molar-refractivity contribution in [3.05, 3.63) is 0 Å². The molecule has 1 atom stereocenters. The van der Waals surface area contributed by atoms with Gasteiger partial charge in [0, 0.05) is 5.54 Å². The second kappa shape index (κ2) is 2.91. The van der Waals surface area contributed by atoms with Crippen LogP contribution in [0.25, 0.3) is 0 Å². The van der Waals surface area contributed by atoms with Crippen molar-refractivity contribution in [3.63, 3.8) is 0 Å². The first kappa shape index (κ1) is 8.06. The minimum absolute atomic E-state index is 0.122. The quantitative estimate of drug-likeness (QED) is 0.627. The van der Waals surface area contributed by atoms with E-state index >= 15 is 0 Å². The van der Waals surface area contributed by atoms with Crippen LogP contribution in [0.15, 0.2) is 0 Å². The maximum Gasteiger partial charge on any atom is 0.0151 e. The minimum atomic E-state index is 0.122. The van der Waals surface area contributed by atoms with Gasteiger partial charge in [0.2, 0.25) is 0 Å². The Morgan fingerprint density at radius 2 is 1.90 bits per heavy atom. The predicted molar refractivity (Wildman–Crippen MR) is 44.8 cm³/mol. The molecule has 1 aliphatic carbocycles.